The molecule has 1 aromatic rings. The molecular formula is C11H17BrN2O2S2. The van der Waals surface area contributed by atoms with Gasteiger partial charge in [0.1, 0.15) is 4.21 Å². The molecule has 2 rings (SSSR count). The van der Waals surface area contributed by atoms with Crippen LogP contribution in [-0.2, 0) is 10.0 Å². The van der Waals surface area contributed by atoms with E-state index in [0.717, 1.165) is 25.9 Å². The Morgan fingerprint density at radius 3 is 2.72 bits per heavy atom. The quantitative estimate of drug-likeness (QED) is 0.902. The maximum atomic E-state index is 12.1. The Balaban J connectivity index is 1.92. The summed E-state index contributed by atoms with van der Waals surface area (Å²) in [6, 6.07) is 1.76. The van der Waals surface area contributed by atoms with Gasteiger partial charge >= 0.3 is 0 Å². The van der Waals surface area contributed by atoms with Gasteiger partial charge in [0.15, 0.2) is 0 Å². The zero-order chi connectivity index (χ0) is 13.2. The van der Waals surface area contributed by atoms with E-state index in [9.17, 15) is 8.42 Å². The van der Waals surface area contributed by atoms with Gasteiger partial charge in [-0.05, 0) is 66.3 Å². The molecule has 1 aromatic heterocycles. The van der Waals surface area contributed by atoms with Crippen LogP contribution in [0.2, 0.25) is 0 Å². The minimum atomic E-state index is -3.35. The van der Waals surface area contributed by atoms with E-state index in [0.29, 0.717) is 21.1 Å². The third-order valence-corrected chi connectivity index (χ3v) is 7.32. The molecule has 102 valence electrons. The first-order valence-electron chi connectivity index (χ1n) is 5.90. The van der Waals surface area contributed by atoms with E-state index >= 15 is 0 Å². The molecule has 0 spiro atoms. The number of nitrogens with zero attached hydrogens (tertiary/aromatic N) is 1. The van der Waals surface area contributed by atoms with Gasteiger partial charge in [-0.2, -0.15) is 0 Å². The molecule has 0 aliphatic carbocycles. The van der Waals surface area contributed by atoms with Crippen molar-refractivity contribution in [2.75, 3.05) is 26.7 Å². The van der Waals surface area contributed by atoms with Crippen molar-refractivity contribution in [1.82, 2.24) is 9.62 Å². The van der Waals surface area contributed by atoms with Crippen LogP contribution >= 0.6 is 27.3 Å². The number of piperidine rings is 1. The van der Waals surface area contributed by atoms with Gasteiger partial charge < -0.3 is 4.90 Å². The van der Waals surface area contributed by atoms with Crippen molar-refractivity contribution in [1.29, 1.82) is 0 Å². The van der Waals surface area contributed by atoms with Crippen LogP contribution in [0.5, 0.6) is 0 Å². The summed E-state index contributed by atoms with van der Waals surface area (Å²) < 4.78 is 27.9. The van der Waals surface area contributed by atoms with Gasteiger partial charge in [0.25, 0.3) is 10.0 Å². The number of halogens is 1. The molecule has 0 atom stereocenters. The normalized spacial score (nSPS) is 19.2. The Labute approximate surface area is 121 Å². The molecule has 7 heteroatoms. The summed E-state index contributed by atoms with van der Waals surface area (Å²) in [7, 11) is -1.25. The molecule has 1 N–H and O–H groups in total. The van der Waals surface area contributed by atoms with Gasteiger partial charge in [0.05, 0.1) is 0 Å². The summed E-state index contributed by atoms with van der Waals surface area (Å²) in [5, 5.41) is 1.77. The second-order valence-corrected chi connectivity index (χ2v) is 8.39. The van der Waals surface area contributed by atoms with Gasteiger partial charge in [-0.25, -0.2) is 13.1 Å². The third kappa shape index (κ3) is 3.54. The molecule has 1 fully saturated rings. The Hall–Kier alpha value is 0.0500. The van der Waals surface area contributed by atoms with Gasteiger partial charge in [-0.3, -0.25) is 0 Å². The fourth-order valence-corrected chi connectivity index (χ4v) is 5.53. The Morgan fingerprint density at radius 2 is 2.17 bits per heavy atom. The molecule has 0 bridgehead atoms. The Bertz CT molecular complexity index is 493. The average molecular weight is 353 g/mol. The van der Waals surface area contributed by atoms with E-state index in [-0.39, 0.29) is 0 Å². The first-order chi connectivity index (χ1) is 8.49. The maximum Gasteiger partial charge on any atom is 0.251 e. The van der Waals surface area contributed by atoms with Crippen LogP contribution in [0.3, 0.4) is 0 Å². The molecule has 0 unspecified atom stereocenters. The number of hydrogen-bond donors (Lipinski definition) is 1. The van der Waals surface area contributed by atoms with Crippen molar-refractivity contribution in [2.24, 2.45) is 5.92 Å². The first kappa shape index (κ1) is 14.5. The van der Waals surface area contributed by atoms with E-state index < -0.39 is 10.0 Å². The fraction of sp³-hybridized carbons (Fsp3) is 0.636. The van der Waals surface area contributed by atoms with Gasteiger partial charge in [0, 0.05) is 11.0 Å². The number of thiophene rings is 1. The van der Waals surface area contributed by atoms with Crippen LogP contribution in [0.15, 0.2) is 20.1 Å². The topological polar surface area (TPSA) is 49.4 Å². The molecule has 0 radical (unpaired) electrons. The van der Waals surface area contributed by atoms with Crippen LogP contribution < -0.4 is 4.72 Å². The molecular weight excluding hydrogens is 336 g/mol. The summed E-state index contributed by atoms with van der Waals surface area (Å²) in [5.41, 5.74) is 0. The van der Waals surface area contributed by atoms with E-state index in [1.165, 1.54) is 11.3 Å². The lowest BCUT2D eigenvalue weighted by Gasteiger charge is -2.28. The first-order valence-corrected chi connectivity index (χ1v) is 9.06. The summed E-state index contributed by atoms with van der Waals surface area (Å²) in [6.45, 7) is 2.64. The maximum absolute atomic E-state index is 12.1. The van der Waals surface area contributed by atoms with Crippen LogP contribution in [0.4, 0.5) is 0 Å². The van der Waals surface area contributed by atoms with Crippen molar-refractivity contribution in [2.45, 2.75) is 17.1 Å². The lowest BCUT2D eigenvalue weighted by Crippen LogP contribution is -2.36. The minimum Gasteiger partial charge on any atom is -0.306 e. The van der Waals surface area contributed by atoms with Crippen molar-refractivity contribution < 1.29 is 8.42 Å². The highest BCUT2D eigenvalue weighted by atomic mass is 79.9. The van der Waals surface area contributed by atoms with E-state index in [4.69, 9.17) is 0 Å². The highest BCUT2D eigenvalue weighted by Crippen LogP contribution is 2.27. The molecule has 1 aliphatic heterocycles. The van der Waals surface area contributed by atoms with Gasteiger partial charge in [0.2, 0.25) is 0 Å². The van der Waals surface area contributed by atoms with Crippen LogP contribution in [0.1, 0.15) is 12.8 Å². The molecule has 2 heterocycles. The Kier molecular flexibility index (Phi) is 4.82. The summed E-state index contributed by atoms with van der Waals surface area (Å²) in [5.74, 6) is 0.453. The average Bonchev–Trinajstić information content (AvgIpc) is 2.76. The third-order valence-electron chi connectivity index (χ3n) is 3.23. The molecule has 18 heavy (non-hydrogen) atoms. The number of nitrogens with one attached hydrogen (secondary N) is 1. The minimum absolute atomic E-state index is 0.371. The molecule has 0 amide bonds. The predicted molar refractivity (Wildman–Crippen MR) is 77.4 cm³/mol. The van der Waals surface area contributed by atoms with Gasteiger partial charge in [-0.1, -0.05) is 0 Å². The fourth-order valence-electron chi connectivity index (χ4n) is 2.03. The summed E-state index contributed by atoms with van der Waals surface area (Å²) in [4.78, 5) is 2.28. The monoisotopic (exact) mass is 352 g/mol. The molecule has 0 aromatic carbocycles. The number of sulfonamides is 1. The highest BCUT2D eigenvalue weighted by molar-refractivity contribution is 9.10. The summed E-state index contributed by atoms with van der Waals surface area (Å²) in [6.07, 6.45) is 2.12. The molecule has 4 nitrogen and oxygen atoms in total. The lowest BCUT2D eigenvalue weighted by molar-refractivity contribution is 0.220. The predicted octanol–water partition coefficient (Wildman–Crippen LogP) is 2.13. The van der Waals surface area contributed by atoms with Crippen LogP contribution in [0.25, 0.3) is 0 Å². The van der Waals surface area contributed by atoms with Gasteiger partial charge in [-0.15, -0.1) is 11.3 Å². The van der Waals surface area contributed by atoms with E-state index in [1.807, 2.05) is 0 Å². The standard InChI is InChI=1S/C11H17BrN2O2S2/c1-14-5-2-9(3-6-14)8-13-18(15,16)11-10(12)4-7-17-11/h4,7,9,13H,2-3,5-6,8H2,1H3. The van der Waals surface area contributed by atoms with E-state index in [1.54, 1.807) is 11.4 Å². The van der Waals surface area contributed by atoms with Crippen LogP contribution in [-0.4, -0.2) is 40.0 Å². The molecule has 1 aliphatic rings. The highest BCUT2D eigenvalue weighted by Gasteiger charge is 2.22. The Morgan fingerprint density at radius 1 is 1.50 bits per heavy atom. The smallest absolute Gasteiger partial charge is 0.251 e. The van der Waals surface area contributed by atoms with Crippen molar-refractivity contribution in [3.63, 3.8) is 0 Å². The summed E-state index contributed by atoms with van der Waals surface area (Å²) >= 11 is 4.50. The number of hydrogen-bond acceptors (Lipinski definition) is 4. The number of likely N-dealkylation sites (tertiary alicyclic amines) is 1. The van der Waals surface area contributed by atoms with Crippen molar-refractivity contribution in [3.05, 3.63) is 15.9 Å². The second kappa shape index (κ2) is 6.00. The lowest BCUT2D eigenvalue weighted by atomic mass is 9.98. The number of rotatable bonds is 4. The molecule has 0 saturated carbocycles. The van der Waals surface area contributed by atoms with Crippen molar-refractivity contribution in [3.8, 4) is 0 Å². The van der Waals surface area contributed by atoms with Crippen molar-refractivity contribution >= 4 is 37.3 Å². The SMILES string of the molecule is CN1CCC(CNS(=O)(=O)c2sccc2Br)CC1. The molecule has 1 saturated heterocycles. The largest absolute Gasteiger partial charge is 0.306 e. The van der Waals surface area contributed by atoms with Crippen LogP contribution in [0, 0.1) is 5.92 Å². The zero-order valence-electron chi connectivity index (χ0n) is 10.2. The van der Waals surface area contributed by atoms with E-state index in [2.05, 4.69) is 32.6 Å². The second-order valence-electron chi connectivity index (χ2n) is 4.65. The zero-order valence-corrected chi connectivity index (χ0v) is 13.4.